The van der Waals surface area contributed by atoms with E-state index in [-0.39, 0.29) is 35.6 Å². The Hall–Kier alpha value is -1.50. The molecular weight excluding hydrogens is 364 g/mol. The summed E-state index contributed by atoms with van der Waals surface area (Å²) in [7, 11) is -3.42. The molecule has 5 atom stereocenters. The van der Waals surface area contributed by atoms with Crippen LogP contribution in [-0.4, -0.2) is 43.4 Å². The number of Topliss-reactive ketones (excluding diaryl/α,β-unsaturated/α-hetero) is 1. The first kappa shape index (κ1) is 21.8. The third-order valence-corrected chi connectivity index (χ3v) is 7.15. The molecule has 1 aromatic rings. The second-order valence-corrected chi connectivity index (χ2v) is 9.52. The van der Waals surface area contributed by atoms with E-state index >= 15 is 0 Å². The first-order valence-electron chi connectivity index (χ1n) is 9.46. The monoisotopic (exact) mass is 394 g/mol. The highest BCUT2D eigenvalue weighted by Gasteiger charge is 2.43. The molecule has 1 N–H and O–H groups in total. The van der Waals surface area contributed by atoms with Crippen LogP contribution in [0.15, 0.2) is 47.9 Å². The van der Waals surface area contributed by atoms with Gasteiger partial charge in [-0.05, 0) is 44.2 Å². The van der Waals surface area contributed by atoms with Crippen LogP contribution in [0.25, 0.3) is 0 Å². The lowest BCUT2D eigenvalue weighted by Crippen LogP contribution is -2.28. The first-order chi connectivity index (χ1) is 12.7. The lowest BCUT2D eigenvalue weighted by molar-refractivity contribution is -0.117. The summed E-state index contributed by atoms with van der Waals surface area (Å²) in [6, 6.07) is 8.45. The molecule has 0 spiro atoms. The molecule has 0 bridgehead atoms. The molecule has 0 aliphatic carbocycles. The number of aliphatic hydroxyl groups is 1. The molecule has 1 saturated heterocycles. The minimum atomic E-state index is -3.42. The molecule has 6 heteroatoms. The zero-order valence-electron chi connectivity index (χ0n) is 16.1. The molecular formula is C21H30O5S. The number of rotatable bonds is 10. The second kappa shape index (κ2) is 9.62. The van der Waals surface area contributed by atoms with Crippen molar-refractivity contribution in [3.8, 4) is 0 Å². The van der Waals surface area contributed by atoms with Crippen LogP contribution in [0.1, 0.15) is 39.5 Å². The van der Waals surface area contributed by atoms with E-state index in [2.05, 4.69) is 6.58 Å². The molecule has 0 saturated carbocycles. The van der Waals surface area contributed by atoms with Gasteiger partial charge in [0.05, 0.1) is 29.0 Å². The molecule has 1 heterocycles. The molecule has 1 fully saturated rings. The van der Waals surface area contributed by atoms with E-state index in [4.69, 9.17) is 4.74 Å². The SMILES string of the molecule is C=CC[C@@H]1O[C@H](C[C@H](O)CCC(C)=O)[C@H](C)[C@H]1CS(=O)(=O)c1ccccc1. The van der Waals surface area contributed by atoms with Gasteiger partial charge >= 0.3 is 0 Å². The standard InChI is InChI=1S/C21H30O5S/c1-4-8-20-19(14-27(24,25)18-9-6-5-7-10-18)16(3)21(26-20)13-17(23)12-11-15(2)22/h4-7,9-10,16-17,19-21,23H,1,8,11-14H2,2-3H3/t16-,17-,19-,20+,21-/m1/s1. The molecule has 0 amide bonds. The van der Waals surface area contributed by atoms with Crippen molar-refractivity contribution in [3.05, 3.63) is 43.0 Å². The van der Waals surface area contributed by atoms with Crippen LogP contribution in [0.3, 0.4) is 0 Å². The Balaban J connectivity index is 2.09. The van der Waals surface area contributed by atoms with Gasteiger partial charge in [-0.2, -0.15) is 0 Å². The Morgan fingerprint density at radius 1 is 1.30 bits per heavy atom. The van der Waals surface area contributed by atoms with Crippen molar-refractivity contribution in [2.24, 2.45) is 11.8 Å². The largest absolute Gasteiger partial charge is 0.393 e. The van der Waals surface area contributed by atoms with Crippen LogP contribution in [0.2, 0.25) is 0 Å². The average Bonchev–Trinajstić information content (AvgIpc) is 2.89. The molecule has 5 nitrogen and oxygen atoms in total. The zero-order valence-corrected chi connectivity index (χ0v) is 16.9. The Morgan fingerprint density at radius 3 is 2.56 bits per heavy atom. The quantitative estimate of drug-likeness (QED) is 0.617. The summed E-state index contributed by atoms with van der Waals surface area (Å²) in [6.07, 6.45) is 2.37. The zero-order chi connectivity index (χ0) is 20.0. The van der Waals surface area contributed by atoms with Crippen molar-refractivity contribution in [2.45, 2.75) is 62.7 Å². The summed E-state index contributed by atoms with van der Waals surface area (Å²) < 4.78 is 31.7. The minimum Gasteiger partial charge on any atom is -0.393 e. The smallest absolute Gasteiger partial charge is 0.178 e. The highest BCUT2D eigenvalue weighted by Crippen LogP contribution is 2.38. The van der Waals surface area contributed by atoms with E-state index in [1.807, 2.05) is 6.92 Å². The first-order valence-corrected chi connectivity index (χ1v) is 11.1. The summed E-state index contributed by atoms with van der Waals surface area (Å²) in [5, 5.41) is 10.2. The van der Waals surface area contributed by atoms with E-state index in [1.54, 1.807) is 36.4 Å². The van der Waals surface area contributed by atoms with Crippen LogP contribution < -0.4 is 0 Å². The van der Waals surface area contributed by atoms with Gasteiger partial charge in [0, 0.05) is 12.3 Å². The fourth-order valence-corrected chi connectivity index (χ4v) is 5.51. The Labute approximate surface area is 162 Å². The maximum Gasteiger partial charge on any atom is 0.178 e. The lowest BCUT2D eigenvalue weighted by Gasteiger charge is -2.21. The number of ketones is 1. The normalized spacial score (nSPS) is 26.6. The lowest BCUT2D eigenvalue weighted by atomic mass is 9.86. The number of hydrogen-bond donors (Lipinski definition) is 1. The van der Waals surface area contributed by atoms with E-state index in [0.29, 0.717) is 30.6 Å². The van der Waals surface area contributed by atoms with Crippen molar-refractivity contribution in [2.75, 3.05) is 5.75 Å². The van der Waals surface area contributed by atoms with Gasteiger partial charge < -0.3 is 14.6 Å². The summed E-state index contributed by atoms with van der Waals surface area (Å²) in [4.78, 5) is 11.4. The molecule has 0 unspecified atom stereocenters. The van der Waals surface area contributed by atoms with Gasteiger partial charge in [0.1, 0.15) is 5.78 Å². The number of carbonyl (C=O) groups excluding carboxylic acids is 1. The van der Waals surface area contributed by atoms with Crippen LogP contribution in [0.4, 0.5) is 0 Å². The number of aliphatic hydroxyl groups excluding tert-OH is 1. The highest BCUT2D eigenvalue weighted by molar-refractivity contribution is 7.91. The second-order valence-electron chi connectivity index (χ2n) is 7.49. The van der Waals surface area contributed by atoms with Crippen molar-refractivity contribution in [1.82, 2.24) is 0 Å². The fraction of sp³-hybridized carbons (Fsp3) is 0.571. The van der Waals surface area contributed by atoms with Gasteiger partial charge in [0.25, 0.3) is 0 Å². The molecule has 27 heavy (non-hydrogen) atoms. The van der Waals surface area contributed by atoms with Gasteiger partial charge in [0.2, 0.25) is 0 Å². The molecule has 0 radical (unpaired) electrons. The third-order valence-electron chi connectivity index (χ3n) is 5.34. The third kappa shape index (κ3) is 5.99. The van der Waals surface area contributed by atoms with Crippen molar-refractivity contribution in [3.63, 3.8) is 0 Å². The van der Waals surface area contributed by atoms with E-state index in [9.17, 15) is 18.3 Å². The van der Waals surface area contributed by atoms with Crippen molar-refractivity contribution in [1.29, 1.82) is 0 Å². The number of hydrogen-bond acceptors (Lipinski definition) is 5. The molecule has 1 aliphatic heterocycles. The Bertz CT molecular complexity index is 728. The van der Waals surface area contributed by atoms with Crippen molar-refractivity contribution >= 4 is 15.6 Å². The van der Waals surface area contributed by atoms with Gasteiger partial charge in [-0.3, -0.25) is 0 Å². The molecule has 1 aliphatic rings. The predicted molar refractivity (Wildman–Crippen MR) is 105 cm³/mol. The number of ether oxygens (including phenoxy) is 1. The van der Waals surface area contributed by atoms with Crippen molar-refractivity contribution < 1.29 is 23.1 Å². The Kier molecular flexibility index (Phi) is 7.77. The molecule has 1 aromatic carbocycles. The van der Waals surface area contributed by atoms with Crippen LogP contribution in [0.5, 0.6) is 0 Å². The topological polar surface area (TPSA) is 80.7 Å². The number of benzene rings is 1. The number of carbonyl (C=O) groups is 1. The molecule has 2 rings (SSSR count). The van der Waals surface area contributed by atoms with E-state index < -0.39 is 15.9 Å². The average molecular weight is 395 g/mol. The number of sulfone groups is 1. The van der Waals surface area contributed by atoms with Crippen LogP contribution in [0, 0.1) is 11.8 Å². The van der Waals surface area contributed by atoms with Gasteiger partial charge in [-0.25, -0.2) is 8.42 Å². The highest BCUT2D eigenvalue weighted by atomic mass is 32.2. The van der Waals surface area contributed by atoms with Crippen LogP contribution >= 0.6 is 0 Å². The minimum absolute atomic E-state index is 0.0106. The summed E-state index contributed by atoms with van der Waals surface area (Å²) in [5.41, 5.74) is 0. The maximum absolute atomic E-state index is 12.8. The van der Waals surface area contributed by atoms with Gasteiger partial charge in [-0.1, -0.05) is 31.2 Å². The van der Waals surface area contributed by atoms with Gasteiger partial charge in [0.15, 0.2) is 9.84 Å². The summed E-state index contributed by atoms with van der Waals surface area (Å²) in [6.45, 7) is 7.25. The summed E-state index contributed by atoms with van der Waals surface area (Å²) >= 11 is 0. The predicted octanol–water partition coefficient (Wildman–Crippen LogP) is 3.18. The van der Waals surface area contributed by atoms with Gasteiger partial charge in [-0.15, -0.1) is 6.58 Å². The van der Waals surface area contributed by atoms with E-state index in [1.165, 1.54) is 6.92 Å². The fourth-order valence-electron chi connectivity index (χ4n) is 3.72. The van der Waals surface area contributed by atoms with Crippen LogP contribution in [-0.2, 0) is 19.4 Å². The molecule has 0 aromatic heterocycles. The maximum atomic E-state index is 12.8. The Morgan fingerprint density at radius 2 is 1.96 bits per heavy atom. The van der Waals surface area contributed by atoms with E-state index in [0.717, 1.165) is 0 Å². The summed E-state index contributed by atoms with van der Waals surface area (Å²) in [5.74, 6) is -0.124. The molecule has 150 valence electrons.